The average Bonchev–Trinajstić information content (AvgIpc) is 3.04. The largest absolute Gasteiger partial charge is 0.322 e. The molecule has 2 N–H and O–H groups in total. The van der Waals surface area contributed by atoms with Crippen LogP contribution in [0.15, 0.2) is 23.1 Å². The zero-order chi connectivity index (χ0) is 20.4. The Bertz CT molecular complexity index is 904. The number of piperidine rings is 1. The maximum atomic E-state index is 13.0. The fraction of sp³-hybridized carbons (Fsp3) is 0.609. The van der Waals surface area contributed by atoms with Gasteiger partial charge in [-0.1, -0.05) is 6.07 Å². The first kappa shape index (κ1) is 18.9. The summed E-state index contributed by atoms with van der Waals surface area (Å²) in [5, 5.41) is 2.38. The van der Waals surface area contributed by atoms with Crippen LogP contribution in [-0.2, 0) is 16.1 Å². The van der Waals surface area contributed by atoms with Gasteiger partial charge in [0.25, 0.3) is 5.91 Å². The number of imide groups is 1. The van der Waals surface area contributed by atoms with Gasteiger partial charge in [0.15, 0.2) is 0 Å². The molecule has 5 fully saturated rings. The minimum absolute atomic E-state index is 0.100. The molecule has 1 aromatic carbocycles. The topological polar surface area (TPSA) is 78.5 Å². The average molecular weight is 426 g/mol. The van der Waals surface area contributed by atoms with Crippen LogP contribution in [0.5, 0.6) is 0 Å². The van der Waals surface area contributed by atoms with Gasteiger partial charge in [-0.2, -0.15) is 0 Å². The van der Waals surface area contributed by atoms with Crippen molar-refractivity contribution in [2.24, 2.45) is 23.7 Å². The van der Waals surface area contributed by atoms with E-state index in [1.165, 1.54) is 32.1 Å². The first-order valence-corrected chi connectivity index (χ1v) is 12.1. The van der Waals surface area contributed by atoms with E-state index >= 15 is 0 Å². The smallest absolute Gasteiger partial charge is 0.255 e. The van der Waals surface area contributed by atoms with Crippen LogP contribution >= 0.6 is 11.9 Å². The van der Waals surface area contributed by atoms with Crippen LogP contribution in [0.3, 0.4) is 0 Å². The molecule has 4 aliphatic carbocycles. The summed E-state index contributed by atoms with van der Waals surface area (Å²) >= 11 is 1.67. The van der Waals surface area contributed by atoms with Gasteiger partial charge in [-0.3, -0.25) is 24.4 Å². The van der Waals surface area contributed by atoms with E-state index in [1.54, 1.807) is 16.8 Å². The summed E-state index contributed by atoms with van der Waals surface area (Å²) < 4.78 is 3.80. The van der Waals surface area contributed by atoms with Crippen molar-refractivity contribution in [1.82, 2.24) is 14.9 Å². The molecule has 0 spiro atoms. The van der Waals surface area contributed by atoms with Crippen LogP contribution < -0.4 is 10.0 Å². The molecule has 4 bridgehead atoms. The minimum Gasteiger partial charge on any atom is -0.322 e. The van der Waals surface area contributed by atoms with E-state index in [2.05, 4.69) is 16.1 Å². The fourth-order valence-electron chi connectivity index (χ4n) is 6.90. The molecule has 158 valence electrons. The molecule has 6 nitrogen and oxygen atoms in total. The molecule has 0 aromatic heterocycles. The molecular weight excluding hydrogens is 398 g/mol. The van der Waals surface area contributed by atoms with Crippen molar-refractivity contribution in [3.05, 3.63) is 29.3 Å². The van der Waals surface area contributed by atoms with Crippen LogP contribution in [0, 0.1) is 23.7 Å². The summed E-state index contributed by atoms with van der Waals surface area (Å²) in [6.45, 7) is 0.437. The highest BCUT2D eigenvalue weighted by Gasteiger charge is 2.48. The molecular formula is C23H27N3O3S. The van der Waals surface area contributed by atoms with Crippen LogP contribution in [0.4, 0.5) is 0 Å². The highest BCUT2D eigenvalue weighted by molar-refractivity contribution is 7.97. The Kier molecular flexibility index (Phi) is 4.46. The van der Waals surface area contributed by atoms with Gasteiger partial charge >= 0.3 is 0 Å². The third-order valence-electron chi connectivity index (χ3n) is 8.07. The van der Waals surface area contributed by atoms with Gasteiger partial charge in [-0.15, -0.1) is 0 Å². The Labute approximate surface area is 180 Å². The molecule has 3 amide bonds. The molecule has 0 radical (unpaired) electrons. The number of nitrogens with one attached hydrogen (secondary N) is 2. The number of hydrogen-bond donors (Lipinski definition) is 2. The van der Waals surface area contributed by atoms with E-state index in [1.807, 2.05) is 12.1 Å². The van der Waals surface area contributed by atoms with Gasteiger partial charge < -0.3 is 4.90 Å². The van der Waals surface area contributed by atoms with Crippen molar-refractivity contribution >= 4 is 29.7 Å². The lowest BCUT2D eigenvalue weighted by molar-refractivity contribution is -0.136. The van der Waals surface area contributed by atoms with Crippen molar-refractivity contribution in [2.45, 2.75) is 68.5 Å². The van der Waals surface area contributed by atoms with Crippen LogP contribution in [-0.4, -0.2) is 34.7 Å². The zero-order valence-electron chi connectivity index (χ0n) is 16.9. The molecule has 1 aromatic rings. The maximum Gasteiger partial charge on any atom is 0.255 e. The van der Waals surface area contributed by atoms with E-state index < -0.39 is 6.04 Å². The predicted octanol–water partition coefficient (Wildman–Crippen LogP) is 2.87. The van der Waals surface area contributed by atoms with Crippen molar-refractivity contribution in [3.63, 3.8) is 0 Å². The quantitative estimate of drug-likeness (QED) is 0.573. The van der Waals surface area contributed by atoms with Crippen LogP contribution in [0.1, 0.15) is 60.9 Å². The third kappa shape index (κ3) is 3.01. The lowest BCUT2D eigenvalue weighted by atomic mass is 9.54. The SMILES string of the molecule is O=C1CCC(N2Cc3c(SNC4C5CC6CC(C5)CC4C6)cccc3C2=O)C(=O)N1. The molecule has 1 atom stereocenters. The normalized spacial score (nSPS) is 36.9. The highest BCUT2D eigenvalue weighted by Crippen LogP contribution is 2.54. The Morgan fingerprint density at radius 3 is 2.43 bits per heavy atom. The third-order valence-corrected chi connectivity index (χ3v) is 9.06. The van der Waals surface area contributed by atoms with Crippen molar-refractivity contribution < 1.29 is 14.4 Å². The summed E-state index contributed by atoms with van der Waals surface area (Å²) in [6, 6.07) is 5.88. The van der Waals surface area contributed by atoms with Gasteiger partial charge in [0.2, 0.25) is 11.8 Å². The lowest BCUT2D eigenvalue weighted by Crippen LogP contribution is -2.52. The minimum atomic E-state index is -0.558. The Balaban J connectivity index is 1.18. The Morgan fingerprint density at radius 2 is 1.73 bits per heavy atom. The van der Waals surface area contributed by atoms with E-state index in [0.717, 1.165) is 34.1 Å². The molecule has 7 rings (SSSR count). The van der Waals surface area contributed by atoms with Gasteiger partial charge in [0.05, 0.1) is 0 Å². The lowest BCUT2D eigenvalue weighted by Gasteiger charge is -2.54. The monoisotopic (exact) mass is 425 g/mol. The maximum absolute atomic E-state index is 13.0. The number of fused-ring (bicyclic) bond motifs is 1. The molecule has 1 unspecified atom stereocenters. The van der Waals surface area contributed by atoms with E-state index in [4.69, 9.17) is 0 Å². The Hall–Kier alpha value is -1.86. The second-order valence-corrected chi connectivity index (χ2v) is 10.7. The summed E-state index contributed by atoms with van der Waals surface area (Å²) in [7, 11) is 0. The number of carbonyl (C=O) groups excluding carboxylic acids is 3. The fourth-order valence-corrected chi connectivity index (χ4v) is 7.99. The van der Waals surface area contributed by atoms with Crippen molar-refractivity contribution in [3.8, 4) is 0 Å². The van der Waals surface area contributed by atoms with Gasteiger partial charge in [0.1, 0.15) is 6.04 Å². The van der Waals surface area contributed by atoms with Gasteiger partial charge in [0, 0.05) is 29.5 Å². The van der Waals surface area contributed by atoms with Gasteiger partial charge in [-0.05, 0) is 91.8 Å². The summed E-state index contributed by atoms with van der Waals surface area (Å²) in [5.41, 5.74) is 1.70. The zero-order valence-corrected chi connectivity index (χ0v) is 17.7. The van der Waals surface area contributed by atoms with E-state index in [0.29, 0.717) is 24.6 Å². The van der Waals surface area contributed by atoms with Crippen molar-refractivity contribution in [1.29, 1.82) is 0 Å². The second kappa shape index (κ2) is 7.09. The van der Waals surface area contributed by atoms with Crippen molar-refractivity contribution in [2.75, 3.05) is 0 Å². The summed E-state index contributed by atoms with van der Waals surface area (Å²) in [6.07, 6.45) is 7.64. The number of amides is 3. The molecule has 30 heavy (non-hydrogen) atoms. The van der Waals surface area contributed by atoms with Gasteiger partial charge in [-0.25, -0.2) is 0 Å². The molecule has 2 aliphatic heterocycles. The Morgan fingerprint density at radius 1 is 1.00 bits per heavy atom. The first-order chi connectivity index (χ1) is 14.6. The van der Waals surface area contributed by atoms with E-state index in [-0.39, 0.29) is 24.1 Å². The molecule has 6 aliphatic rings. The molecule has 7 heteroatoms. The van der Waals surface area contributed by atoms with E-state index in [9.17, 15) is 14.4 Å². The standard InChI is InChI=1S/C23H27N3O3S/c27-20-5-4-18(22(28)24-20)26-11-17-16(23(26)29)2-1-3-19(17)30-25-21-14-7-12-6-13(9-14)10-15(21)8-12/h1-3,12-15,18,21,25H,4-11H2,(H,24,27,28). The number of benzene rings is 1. The predicted molar refractivity (Wildman–Crippen MR) is 112 cm³/mol. The van der Waals surface area contributed by atoms with Crippen LogP contribution in [0.25, 0.3) is 0 Å². The molecule has 2 heterocycles. The number of hydrogen-bond acceptors (Lipinski definition) is 5. The molecule has 1 saturated heterocycles. The number of carbonyl (C=O) groups is 3. The number of rotatable bonds is 4. The van der Waals surface area contributed by atoms with Crippen LogP contribution in [0.2, 0.25) is 0 Å². The highest BCUT2D eigenvalue weighted by atomic mass is 32.2. The summed E-state index contributed by atoms with van der Waals surface area (Å²) in [5.74, 6) is 2.80. The molecule has 4 saturated carbocycles. The second-order valence-electron chi connectivity index (χ2n) is 9.86. The number of nitrogens with zero attached hydrogens (tertiary/aromatic N) is 1. The summed E-state index contributed by atoms with van der Waals surface area (Å²) in [4.78, 5) is 39.5. The first-order valence-electron chi connectivity index (χ1n) is 11.3.